The molecule has 0 spiro atoms. The first-order valence-corrected chi connectivity index (χ1v) is 10.4. The van der Waals surface area contributed by atoms with Gasteiger partial charge >= 0.3 is 0 Å². The number of hydrogen-bond acceptors (Lipinski definition) is 7. The number of nitrogens with zero attached hydrogens (tertiary/aromatic N) is 4. The molecule has 0 bridgehead atoms. The summed E-state index contributed by atoms with van der Waals surface area (Å²) in [5.74, 6) is 2.64. The molecule has 0 unspecified atom stereocenters. The summed E-state index contributed by atoms with van der Waals surface area (Å²) < 4.78 is 32.7. The number of para-hydroxylation sites is 1. The van der Waals surface area contributed by atoms with Crippen molar-refractivity contribution in [1.29, 1.82) is 0 Å². The number of benzene rings is 1. The Bertz CT molecular complexity index is 896. The van der Waals surface area contributed by atoms with Crippen LogP contribution in [0.1, 0.15) is 12.7 Å². The number of hydrogen-bond donors (Lipinski definition) is 1. The number of aromatic nitrogens is 2. The first kappa shape index (κ1) is 19.4. The van der Waals surface area contributed by atoms with Crippen LogP contribution in [-0.2, 0) is 10.0 Å². The van der Waals surface area contributed by atoms with Gasteiger partial charge in [-0.3, -0.25) is 0 Å². The third-order valence-corrected chi connectivity index (χ3v) is 6.37. The lowest BCUT2D eigenvalue weighted by Crippen LogP contribution is -2.49. The topological polar surface area (TPSA) is 87.7 Å². The number of methoxy groups -OCH3 is 1. The van der Waals surface area contributed by atoms with Gasteiger partial charge in [-0.25, -0.2) is 18.4 Å². The number of anilines is 2. The van der Waals surface area contributed by atoms with Crippen molar-refractivity contribution in [2.75, 3.05) is 50.1 Å². The number of ether oxygens (including phenoxy) is 1. The van der Waals surface area contributed by atoms with Crippen LogP contribution in [0.3, 0.4) is 0 Å². The van der Waals surface area contributed by atoms with E-state index in [2.05, 4.69) is 20.2 Å². The van der Waals surface area contributed by atoms with E-state index in [1.165, 1.54) is 11.4 Å². The van der Waals surface area contributed by atoms with Crippen molar-refractivity contribution in [1.82, 2.24) is 14.3 Å². The lowest BCUT2D eigenvalue weighted by molar-refractivity contribution is 0.373. The second-order valence-electron chi connectivity index (χ2n) is 6.23. The molecule has 9 heteroatoms. The largest absolute Gasteiger partial charge is 0.495 e. The van der Waals surface area contributed by atoms with Gasteiger partial charge in [-0.1, -0.05) is 12.1 Å². The van der Waals surface area contributed by atoms with Crippen LogP contribution in [0.4, 0.5) is 11.6 Å². The molecule has 0 aliphatic carbocycles. The van der Waals surface area contributed by atoms with Gasteiger partial charge in [-0.05, 0) is 26.0 Å². The fraction of sp³-hybridized carbons (Fsp3) is 0.444. The third-order valence-electron chi connectivity index (χ3n) is 4.43. The minimum Gasteiger partial charge on any atom is -0.495 e. The van der Waals surface area contributed by atoms with Gasteiger partial charge in [0, 0.05) is 38.8 Å². The summed E-state index contributed by atoms with van der Waals surface area (Å²) in [7, 11) is -2.12. The van der Waals surface area contributed by atoms with Gasteiger partial charge in [-0.2, -0.15) is 4.31 Å². The summed E-state index contributed by atoms with van der Waals surface area (Å²) in [5.41, 5.74) is 0. The molecule has 0 saturated carbocycles. The lowest BCUT2D eigenvalue weighted by atomic mass is 10.3. The normalized spacial score (nSPS) is 15.6. The zero-order chi connectivity index (χ0) is 19.4. The van der Waals surface area contributed by atoms with E-state index in [0.717, 1.165) is 18.2 Å². The lowest BCUT2D eigenvalue weighted by Gasteiger charge is -2.35. The predicted octanol–water partition coefficient (Wildman–Crippen LogP) is 1.74. The molecular formula is C18H25N5O3S. The van der Waals surface area contributed by atoms with E-state index in [9.17, 15) is 8.42 Å². The minimum absolute atomic E-state index is 0.202. The van der Waals surface area contributed by atoms with E-state index in [1.54, 1.807) is 24.3 Å². The fourth-order valence-electron chi connectivity index (χ4n) is 3.11. The predicted molar refractivity (Wildman–Crippen MR) is 105 cm³/mol. The van der Waals surface area contributed by atoms with Crippen LogP contribution in [0.15, 0.2) is 35.2 Å². The zero-order valence-electron chi connectivity index (χ0n) is 15.8. The molecule has 0 amide bonds. The molecule has 1 saturated heterocycles. The highest BCUT2D eigenvalue weighted by atomic mass is 32.2. The minimum atomic E-state index is -3.60. The highest BCUT2D eigenvalue weighted by Gasteiger charge is 2.31. The summed E-state index contributed by atoms with van der Waals surface area (Å²) in [4.78, 5) is 11.2. The molecule has 1 aliphatic rings. The average molecular weight is 391 g/mol. The molecule has 27 heavy (non-hydrogen) atoms. The number of aryl methyl sites for hydroxylation is 1. The van der Waals surface area contributed by atoms with E-state index in [0.29, 0.717) is 37.8 Å². The monoisotopic (exact) mass is 391 g/mol. The van der Waals surface area contributed by atoms with Crippen molar-refractivity contribution < 1.29 is 13.2 Å². The Balaban J connectivity index is 1.75. The standard InChI is InChI=1S/C18H25N5O3S/c1-4-19-17-13-18(21-14(2)20-17)22-9-11-23(12-10-22)27(24,25)16-8-6-5-7-15(16)26-3/h5-8,13H,4,9-12H2,1-3H3,(H,19,20,21). The molecule has 1 aliphatic heterocycles. The summed E-state index contributed by atoms with van der Waals surface area (Å²) in [5, 5.41) is 3.20. The summed E-state index contributed by atoms with van der Waals surface area (Å²) in [6, 6.07) is 8.61. The van der Waals surface area contributed by atoms with Crippen molar-refractivity contribution in [3.8, 4) is 5.75 Å². The van der Waals surface area contributed by atoms with Crippen LogP contribution in [0, 0.1) is 6.92 Å². The van der Waals surface area contributed by atoms with Crippen LogP contribution in [0.5, 0.6) is 5.75 Å². The highest BCUT2D eigenvalue weighted by Crippen LogP contribution is 2.27. The molecular weight excluding hydrogens is 366 g/mol. The molecule has 3 rings (SSSR count). The Morgan fingerprint density at radius 2 is 1.85 bits per heavy atom. The van der Waals surface area contributed by atoms with Gasteiger partial charge < -0.3 is 15.0 Å². The molecule has 1 aromatic carbocycles. The molecule has 2 aromatic rings. The SMILES string of the molecule is CCNc1cc(N2CCN(S(=O)(=O)c3ccccc3OC)CC2)nc(C)n1. The van der Waals surface area contributed by atoms with E-state index >= 15 is 0 Å². The molecule has 8 nitrogen and oxygen atoms in total. The van der Waals surface area contributed by atoms with Gasteiger partial charge in [0.25, 0.3) is 0 Å². The summed E-state index contributed by atoms with van der Waals surface area (Å²) in [6.07, 6.45) is 0. The van der Waals surface area contributed by atoms with Crippen molar-refractivity contribution in [2.45, 2.75) is 18.7 Å². The maximum Gasteiger partial charge on any atom is 0.246 e. The maximum absolute atomic E-state index is 13.0. The number of rotatable bonds is 6. The Morgan fingerprint density at radius 1 is 1.15 bits per heavy atom. The van der Waals surface area contributed by atoms with Crippen LogP contribution >= 0.6 is 0 Å². The van der Waals surface area contributed by atoms with Crippen LogP contribution < -0.4 is 15.0 Å². The molecule has 1 fully saturated rings. The molecule has 146 valence electrons. The van der Waals surface area contributed by atoms with E-state index in [1.807, 2.05) is 19.9 Å². The van der Waals surface area contributed by atoms with Crippen molar-refractivity contribution in [2.24, 2.45) is 0 Å². The van der Waals surface area contributed by atoms with Gasteiger partial charge in [-0.15, -0.1) is 0 Å². The van der Waals surface area contributed by atoms with Crippen LogP contribution in [-0.4, -0.2) is 62.5 Å². The Labute approximate surface area is 160 Å². The summed E-state index contributed by atoms with van der Waals surface area (Å²) >= 11 is 0. The van der Waals surface area contributed by atoms with E-state index in [-0.39, 0.29) is 4.90 Å². The smallest absolute Gasteiger partial charge is 0.246 e. The first-order valence-electron chi connectivity index (χ1n) is 8.93. The molecule has 0 atom stereocenters. The maximum atomic E-state index is 13.0. The number of piperazine rings is 1. The first-order chi connectivity index (χ1) is 13.0. The number of sulfonamides is 1. The molecule has 1 aromatic heterocycles. The quantitative estimate of drug-likeness (QED) is 0.802. The van der Waals surface area contributed by atoms with Crippen LogP contribution in [0.2, 0.25) is 0 Å². The Morgan fingerprint density at radius 3 is 2.52 bits per heavy atom. The van der Waals surface area contributed by atoms with Crippen molar-refractivity contribution in [3.05, 3.63) is 36.2 Å². The third kappa shape index (κ3) is 4.14. The zero-order valence-corrected chi connectivity index (χ0v) is 16.7. The second kappa shape index (κ2) is 8.10. The second-order valence-corrected chi connectivity index (χ2v) is 8.14. The van der Waals surface area contributed by atoms with Gasteiger partial charge in [0.15, 0.2) is 0 Å². The molecule has 1 N–H and O–H groups in total. The molecule has 2 heterocycles. The number of nitrogens with one attached hydrogen (secondary N) is 1. The average Bonchev–Trinajstić information content (AvgIpc) is 2.68. The Hall–Kier alpha value is -2.39. The van der Waals surface area contributed by atoms with E-state index < -0.39 is 10.0 Å². The molecule has 0 radical (unpaired) electrons. The van der Waals surface area contributed by atoms with Gasteiger partial charge in [0.05, 0.1) is 7.11 Å². The van der Waals surface area contributed by atoms with Crippen LogP contribution in [0.25, 0.3) is 0 Å². The van der Waals surface area contributed by atoms with Gasteiger partial charge in [0.1, 0.15) is 28.1 Å². The van der Waals surface area contributed by atoms with Crippen molar-refractivity contribution >= 4 is 21.7 Å². The van der Waals surface area contributed by atoms with Crippen molar-refractivity contribution in [3.63, 3.8) is 0 Å². The van der Waals surface area contributed by atoms with Gasteiger partial charge in [0.2, 0.25) is 10.0 Å². The van der Waals surface area contributed by atoms with E-state index in [4.69, 9.17) is 4.74 Å². The summed E-state index contributed by atoms with van der Waals surface area (Å²) in [6.45, 7) is 6.55. The Kier molecular flexibility index (Phi) is 5.81. The highest BCUT2D eigenvalue weighted by molar-refractivity contribution is 7.89. The fourth-order valence-corrected chi connectivity index (χ4v) is 4.69.